The van der Waals surface area contributed by atoms with E-state index in [0.717, 1.165) is 0 Å². The fraction of sp³-hybridized carbons (Fsp3) is 0.333. The molecule has 1 heteroatoms. The van der Waals surface area contributed by atoms with Crippen molar-refractivity contribution in [3.63, 3.8) is 0 Å². The van der Waals surface area contributed by atoms with Crippen LogP contribution in [0.1, 0.15) is 0 Å². The molecule has 0 spiro atoms. The number of rotatable bonds is 0. The predicted molar refractivity (Wildman–Crippen MR) is 25.6 cm³/mol. The summed E-state index contributed by atoms with van der Waals surface area (Å²) in [6.45, 7) is 0. The summed E-state index contributed by atoms with van der Waals surface area (Å²) >= 11 is 0. The van der Waals surface area contributed by atoms with Gasteiger partial charge in [0, 0.05) is 5.92 Å². The monoisotopic (exact) mass is 96.0 g/mol. The van der Waals surface area contributed by atoms with Crippen LogP contribution < -0.4 is 0 Å². The minimum Gasteiger partial charge on any atom is -0.242 e. The van der Waals surface area contributed by atoms with Crippen LogP contribution >= 0.6 is 0 Å². The lowest BCUT2D eigenvalue weighted by Crippen LogP contribution is -1.93. The van der Waals surface area contributed by atoms with Gasteiger partial charge in [0.1, 0.15) is 6.17 Å². The lowest BCUT2D eigenvalue weighted by molar-refractivity contribution is 0.382. The molecular formula is C6H5F. The maximum atomic E-state index is 12.2. The third kappa shape index (κ3) is 0.303. The van der Waals surface area contributed by atoms with Gasteiger partial charge in [0.15, 0.2) is 0 Å². The van der Waals surface area contributed by atoms with Crippen molar-refractivity contribution in [1.82, 2.24) is 0 Å². The van der Waals surface area contributed by atoms with E-state index < -0.39 is 6.17 Å². The highest BCUT2D eigenvalue weighted by Gasteiger charge is 2.34. The Hall–Kier alpha value is -0.590. The van der Waals surface area contributed by atoms with E-state index in [9.17, 15) is 4.39 Å². The van der Waals surface area contributed by atoms with E-state index in [1.54, 1.807) is 6.08 Å². The average Bonchev–Trinajstić information content (AvgIpc) is 2.33. The molecule has 0 saturated heterocycles. The zero-order chi connectivity index (χ0) is 4.85. The summed E-state index contributed by atoms with van der Waals surface area (Å²) < 4.78 is 12.2. The lowest BCUT2D eigenvalue weighted by atomic mass is 10.3. The van der Waals surface area contributed by atoms with Gasteiger partial charge in [-0.3, -0.25) is 0 Å². The van der Waals surface area contributed by atoms with Gasteiger partial charge in [0.25, 0.3) is 0 Å². The minimum absolute atomic E-state index is 0.194. The van der Waals surface area contributed by atoms with E-state index in [2.05, 4.69) is 0 Å². The molecule has 0 aromatic heterocycles. The molecular weight excluding hydrogens is 91.1 g/mol. The molecule has 0 bridgehead atoms. The highest BCUT2D eigenvalue weighted by Crippen LogP contribution is 2.40. The number of fused-ring (bicyclic) bond motifs is 1. The van der Waals surface area contributed by atoms with Crippen LogP contribution in [0, 0.1) is 5.92 Å². The Bertz CT molecular complexity index is 156. The first-order chi connectivity index (χ1) is 3.38. The van der Waals surface area contributed by atoms with Crippen molar-refractivity contribution in [2.45, 2.75) is 6.17 Å². The number of alkyl halides is 1. The summed E-state index contributed by atoms with van der Waals surface area (Å²) in [7, 11) is 0. The van der Waals surface area contributed by atoms with E-state index in [0.29, 0.717) is 0 Å². The van der Waals surface area contributed by atoms with Crippen LogP contribution in [-0.2, 0) is 0 Å². The van der Waals surface area contributed by atoms with Crippen molar-refractivity contribution in [3.05, 3.63) is 23.8 Å². The summed E-state index contributed by atoms with van der Waals surface area (Å²) in [5, 5.41) is 0. The largest absolute Gasteiger partial charge is 0.242 e. The number of halogens is 1. The van der Waals surface area contributed by atoms with Gasteiger partial charge < -0.3 is 0 Å². The van der Waals surface area contributed by atoms with Gasteiger partial charge >= 0.3 is 0 Å². The first-order valence-electron chi connectivity index (χ1n) is 2.42. The molecule has 7 heavy (non-hydrogen) atoms. The molecule has 2 atom stereocenters. The van der Waals surface area contributed by atoms with Gasteiger partial charge in [-0.25, -0.2) is 4.39 Å². The number of allylic oxidation sites excluding steroid dienone is 4. The number of hydrogen-bond donors (Lipinski definition) is 0. The highest BCUT2D eigenvalue weighted by atomic mass is 19.1. The molecule has 0 saturated carbocycles. The van der Waals surface area contributed by atoms with Crippen LogP contribution in [0.25, 0.3) is 0 Å². The van der Waals surface area contributed by atoms with Crippen LogP contribution in [0.5, 0.6) is 0 Å². The zero-order valence-corrected chi connectivity index (χ0v) is 3.76. The maximum absolute atomic E-state index is 12.2. The molecule has 0 nitrogen and oxygen atoms in total. The van der Waals surface area contributed by atoms with Crippen molar-refractivity contribution < 1.29 is 4.39 Å². The number of hydrogen-bond acceptors (Lipinski definition) is 0. The van der Waals surface area contributed by atoms with Crippen LogP contribution in [-0.4, -0.2) is 6.17 Å². The molecule has 0 heterocycles. The van der Waals surface area contributed by atoms with Gasteiger partial charge in [0.2, 0.25) is 0 Å². The summed E-state index contributed by atoms with van der Waals surface area (Å²) in [6.07, 6.45) is 4.73. The van der Waals surface area contributed by atoms with E-state index in [4.69, 9.17) is 0 Å². The molecule has 0 aromatic rings. The van der Waals surface area contributed by atoms with Gasteiger partial charge in [-0.15, -0.1) is 0 Å². The summed E-state index contributed by atoms with van der Waals surface area (Å²) in [6, 6.07) is 0. The molecule has 0 fully saturated rings. The third-order valence-electron chi connectivity index (χ3n) is 1.46. The zero-order valence-electron chi connectivity index (χ0n) is 3.76. The van der Waals surface area contributed by atoms with Crippen molar-refractivity contribution in [1.29, 1.82) is 0 Å². The molecule has 36 valence electrons. The Morgan fingerprint density at radius 3 is 2.57 bits per heavy atom. The molecule has 2 rings (SSSR count). The lowest BCUT2D eigenvalue weighted by Gasteiger charge is -1.89. The van der Waals surface area contributed by atoms with Crippen molar-refractivity contribution in [2.24, 2.45) is 5.92 Å². The standard InChI is InChI=1S/C6H5F/c7-6-2-1-4-3-5(4)6/h1-3,5-6H/t5?,6-/m0/s1. The van der Waals surface area contributed by atoms with Gasteiger partial charge in [-0.2, -0.15) is 0 Å². The molecule has 2 aliphatic carbocycles. The Morgan fingerprint density at radius 2 is 2.43 bits per heavy atom. The maximum Gasteiger partial charge on any atom is 0.129 e. The second-order valence-corrected chi connectivity index (χ2v) is 2.00. The van der Waals surface area contributed by atoms with E-state index >= 15 is 0 Å². The van der Waals surface area contributed by atoms with E-state index in [1.807, 2.05) is 12.2 Å². The van der Waals surface area contributed by atoms with Crippen molar-refractivity contribution in [3.8, 4) is 0 Å². The fourth-order valence-corrected chi connectivity index (χ4v) is 0.924. The Kier molecular flexibility index (Phi) is 0.394. The summed E-state index contributed by atoms with van der Waals surface area (Å²) in [4.78, 5) is 0. The fourth-order valence-electron chi connectivity index (χ4n) is 0.924. The second kappa shape index (κ2) is 0.808. The molecule has 0 amide bonds. The quantitative estimate of drug-likeness (QED) is 0.428. The van der Waals surface area contributed by atoms with Crippen LogP contribution in [0.4, 0.5) is 4.39 Å². The topological polar surface area (TPSA) is 0 Å². The van der Waals surface area contributed by atoms with Crippen LogP contribution in [0.15, 0.2) is 23.8 Å². The second-order valence-electron chi connectivity index (χ2n) is 2.00. The molecule has 2 aliphatic rings. The normalized spacial score (nSPS) is 43.3. The van der Waals surface area contributed by atoms with Gasteiger partial charge in [-0.05, 0) is 11.6 Å². The smallest absolute Gasteiger partial charge is 0.129 e. The summed E-state index contributed by atoms with van der Waals surface area (Å²) in [5.41, 5.74) is 1.19. The Balaban J connectivity index is 2.31. The Morgan fingerprint density at radius 1 is 1.57 bits per heavy atom. The van der Waals surface area contributed by atoms with Crippen molar-refractivity contribution in [2.75, 3.05) is 0 Å². The first-order valence-corrected chi connectivity index (χ1v) is 2.42. The third-order valence-corrected chi connectivity index (χ3v) is 1.46. The SMILES string of the molecule is F[C@H]1C=CC2=CC21. The van der Waals surface area contributed by atoms with E-state index in [-0.39, 0.29) is 5.92 Å². The summed E-state index contributed by atoms with van der Waals surface area (Å²) in [5.74, 6) is 0.194. The van der Waals surface area contributed by atoms with Crippen LogP contribution in [0.3, 0.4) is 0 Å². The molecule has 0 radical (unpaired) electrons. The highest BCUT2D eigenvalue weighted by molar-refractivity contribution is 5.47. The average molecular weight is 96.1 g/mol. The molecule has 0 aromatic carbocycles. The van der Waals surface area contributed by atoms with E-state index in [1.165, 1.54) is 5.57 Å². The van der Waals surface area contributed by atoms with Gasteiger partial charge in [-0.1, -0.05) is 12.2 Å². The molecule has 0 aliphatic heterocycles. The first kappa shape index (κ1) is 3.42. The predicted octanol–water partition coefficient (Wildman–Crippen LogP) is 1.45. The molecule has 1 unspecified atom stereocenters. The molecule has 0 N–H and O–H groups in total. The Labute approximate surface area is 41.3 Å². The van der Waals surface area contributed by atoms with Crippen LogP contribution in [0.2, 0.25) is 0 Å². The minimum atomic E-state index is -0.685. The van der Waals surface area contributed by atoms with Gasteiger partial charge in [0.05, 0.1) is 0 Å². The van der Waals surface area contributed by atoms with Crippen molar-refractivity contribution >= 4 is 0 Å².